The van der Waals surface area contributed by atoms with Gasteiger partial charge >= 0.3 is 0 Å². The molecule has 1 N–H and O–H groups in total. The van der Waals surface area contributed by atoms with Crippen molar-refractivity contribution in [1.82, 2.24) is 5.32 Å². The van der Waals surface area contributed by atoms with Gasteiger partial charge in [0.1, 0.15) is 0 Å². The van der Waals surface area contributed by atoms with Gasteiger partial charge in [0.05, 0.1) is 3.79 Å². The van der Waals surface area contributed by atoms with Gasteiger partial charge in [0.15, 0.2) is 0 Å². The van der Waals surface area contributed by atoms with E-state index in [0.717, 1.165) is 18.4 Å². The summed E-state index contributed by atoms with van der Waals surface area (Å²) < 4.78 is 2.37. The van der Waals surface area contributed by atoms with E-state index in [-0.39, 0.29) is 0 Å². The Kier molecular flexibility index (Phi) is 5.73. The van der Waals surface area contributed by atoms with Crippen LogP contribution in [0.15, 0.2) is 14.3 Å². The zero-order chi connectivity index (χ0) is 13.1. The molecule has 1 aromatic rings. The average Bonchev–Trinajstić information content (AvgIpc) is 2.66. The minimum Gasteiger partial charge on any atom is -0.309 e. The Balaban J connectivity index is 1.91. The SMILES string of the molecule is CC(C)C1CCCCC1NCc1cc(Br)c(Br)s1. The third kappa shape index (κ3) is 3.81. The monoisotopic (exact) mass is 393 g/mol. The zero-order valence-electron chi connectivity index (χ0n) is 11.0. The zero-order valence-corrected chi connectivity index (χ0v) is 15.0. The van der Waals surface area contributed by atoms with Crippen LogP contribution in [0.2, 0.25) is 0 Å². The van der Waals surface area contributed by atoms with Gasteiger partial charge in [0.25, 0.3) is 0 Å². The normalized spacial score (nSPS) is 24.7. The third-order valence-electron chi connectivity index (χ3n) is 3.91. The Morgan fingerprint density at radius 2 is 2.06 bits per heavy atom. The van der Waals surface area contributed by atoms with Crippen molar-refractivity contribution < 1.29 is 0 Å². The van der Waals surface area contributed by atoms with Gasteiger partial charge in [-0.2, -0.15) is 0 Å². The fourth-order valence-electron chi connectivity index (χ4n) is 2.92. The molecule has 1 aromatic heterocycles. The van der Waals surface area contributed by atoms with E-state index in [0.29, 0.717) is 6.04 Å². The van der Waals surface area contributed by atoms with Crippen LogP contribution in [0.5, 0.6) is 0 Å². The van der Waals surface area contributed by atoms with Crippen molar-refractivity contribution in [3.63, 3.8) is 0 Å². The van der Waals surface area contributed by atoms with Crippen LogP contribution < -0.4 is 5.32 Å². The summed E-state index contributed by atoms with van der Waals surface area (Å²) in [5, 5.41) is 3.78. The molecule has 1 saturated carbocycles. The molecule has 2 rings (SSSR count). The van der Waals surface area contributed by atoms with Gasteiger partial charge in [-0.3, -0.25) is 0 Å². The molecular formula is C14H21Br2NS. The quantitative estimate of drug-likeness (QED) is 0.702. The fraction of sp³-hybridized carbons (Fsp3) is 0.714. The van der Waals surface area contributed by atoms with Crippen molar-refractivity contribution in [2.45, 2.75) is 52.1 Å². The summed E-state index contributed by atoms with van der Waals surface area (Å²) in [6.07, 6.45) is 5.54. The number of hydrogen-bond donors (Lipinski definition) is 1. The molecule has 1 aliphatic rings. The van der Waals surface area contributed by atoms with E-state index in [1.165, 1.54) is 38.8 Å². The predicted octanol–water partition coefficient (Wildman–Crippen LogP) is 5.58. The maximum absolute atomic E-state index is 3.78. The van der Waals surface area contributed by atoms with Crippen LogP contribution in [0.4, 0.5) is 0 Å². The Morgan fingerprint density at radius 3 is 2.67 bits per heavy atom. The third-order valence-corrected chi connectivity index (χ3v) is 7.17. The van der Waals surface area contributed by atoms with Crippen LogP contribution in [-0.4, -0.2) is 6.04 Å². The molecule has 0 spiro atoms. The molecule has 1 heterocycles. The van der Waals surface area contributed by atoms with Crippen molar-refractivity contribution in [1.29, 1.82) is 0 Å². The molecule has 2 atom stereocenters. The lowest BCUT2D eigenvalue weighted by molar-refractivity contribution is 0.205. The first kappa shape index (κ1) is 15.0. The van der Waals surface area contributed by atoms with Crippen LogP contribution in [0, 0.1) is 11.8 Å². The average molecular weight is 395 g/mol. The first-order valence-electron chi connectivity index (χ1n) is 6.75. The second-order valence-corrected chi connectivity index (χ2v) is 8.82. The van der Waals surface area contributed by atoms with Crippen LogP contribution in [0.25, 0.3) is 0 Å². The fourth-order valence-corrected chi connectivity index (χ4v) is 5.05. The molecule has 2 unspecified atom stereocenters. The highest BCUT2D eigenvalue weighted by molar-refractivity contribution is 9.13. The first-order valence-corrected chi connectivity index (χ1v) is 9.15. The Labute approximate surface area is 131 Å². The molecule has 102 valence electrons. The van der Waals surface area contributed by atoms with E-state index < -0.39 is 0 Å². The molecule has 18 heavy (non-hydrogen) atoms. The van der Waals surface area contributed by atoms with Gasteiger partial charge in [-0.15, -0.1) is 11.3 Å². The van der Waals surface area contributed by atoms with Crippen LogP contribution in [0.3, 0.4) is 0 Å². The van der Waals surface area contributed by atoms with Gasteiger partial charge in [0, 0.05) is 21.9 Å². The summed E-state index contributed by atoms with van der Waals surface area (Å²) >= 11 is 8.93. The van der Waals surface area contributed by atoms with Crippen LogP contribution in [0.1, 0.15) is 44.4 Å². The molecule has 0 amide bonds. The van der Waals surface area contributed by atoms with E-state index in [9.17, 15) is 0 Å². The largest absolute Gasteiger partial charge is 0.309 e. The molecule has 1 fully saturated rings. The number of hydrogen-bond acceptors (Lipinski definition) is 2. The predicted molar refractivity (Wildman–Crippen MR) is 87.1 cm³/mol. The van der Waals surface area contributed by atoms with Crippen molar-refractivity contribution >= 4 is 43.2 Å². The van der Waals surface area contributed by atoms with E-state index in [1.54, 1.807) is 0 Å². The summed E-state index contributed by atoms with van der Waals surface area (Å²) in [5.41, 5.74) is 0. The Bertz CT molecular complexity index is 370. The molecule has 0 radical (unpaired) electrons. The van der Waals surface area contributed by atoms with Crippen molar-refractivity contribution in [2.24, 2.45) is 11.8 Å². The van der Waals surface area contributed by atoms with Gasteiger partial charge in [-0.25, -0.2) is 0 Å². The number of halogens is 2. The molecule has 1 aliphatic carbocycles. The summed E-state index contributed by atoms with van der Waals surface area (Å²) in [7, 11) is 0. The maximum atomic E-state index is 3.78. The van der Waals surface area contributed by atoms with E-state index >= 15 is 0 Å². The minimum absolute atomic E-state index is 0.707. The van der Waals surface area contributed by atoms with Crippen molar-refractivity contribution in [3.8, 4) is 0 Å². The summed E-state index contributed by atoms with van der Waals surface area (Å²) in [5.74, 6) is 1.65. The maximum Gasteiger partial charge on any atom is 0.0843 e. The molecule has 0 bridgehead atoms. The van der Waals surface area contributed by atoms with E-state index in [1.807, 2.05) is 11.3 Å². The van der Waals surface area contributed by atoms with Crippen LogP contribution >= 0.6 is 43.2 Å². The smallest absolute Gasteiger partial charge is 0.0843 e. The molecule has 0 saturated heterocycles. The Hall–Kier alpha value is 0.620. The van der Waals surface area contributed by atoms with Gasteiger partial charge in [0.2, 0.25) is 0 Å². The second-order valence-electron chi connectivity index (χ2n) is 5.51. The lowest BCUT2D eigenvalue weighted by Gasteiger charge is -2.35. The summed E-state index contributed by atoms with van der Waals surface area (Å²) in [6.45, 7) is 5.73. The van der Waals surface area contributed by atoms with Crippen molar-refractivity contribution in [3.05, 3.63) is 19.2 Å². The topological polar surface area (TPSA) is 12.0 Å². The molecule has 0 aliphatic heterocycles. The highest BCUT2D eigenvalue weighted by Gasteiger charge is 2.27. The van der Waals surface area contributed by atoms with Gasteiger partial charge in [-0.05, 0) is 62.6 Å². The first-order chi connectivity index (χ1) is 8.58. The minimum atomic E-state index is 0.707. The standard InChI is InChI=1S/C14H21Br2NS/c1-9(2)11-5-3-4-6-13(11)17-8-10-7-12(15)14(16)18-10/h7,9,11,13,17H,3-6,8H2,1-2H3. The molecule has 1 nitrogen and oxygen atoms in total. The molecular weight excluding hydrogens is 374 g/mol. The Morgan fingerprint density at radius 1 is 1.33 bits per heavy atom. The summed E-state index contributed by atoms with van der Waals surface area (Å²) in [6, 6.07) is 2.92. The number of rotatable bonds is 4. The van der Waals surface area contributed by atoms with E-state index in [4.69, 9.17) is 0 Å². The second kappa shape index (κ2) is 6.87. The molecule has 0 aromatic carbocycles. The highest BCUT2D eigenvalue weighted by atomic mass is 79.9. The lowest BCUT2D eigenvalue weighted by Crippen LogP contribution is -2.40. The number of thiophene rings is 1. The summed E-state index contributed by atoms with van der Waals surface area (Å²) in [4.78, 5) is 1.40. The van der Waals surface area contributed by atoms with Crippen molar-refractivity contribution in [2.75, 3.05) is 0 Å². The lowest BCUT2D eigenvalue weighted by atomic mass is 9.78. The van der Waals surface area contributed by atoms with Crippen LogP contribution in [-0.2, 0) is 6.54 Å². The highest BCUT2D eigenvalue weighted by Crippen LogP contribution is 2.33. The van der Waals surface area contributed by atoms with E-state index in [2.05, 4.69) is 57.1 Å². The molecule has 4 heteroatoms. The number of nitrogens with one attached hydrogen (secondary N) is 1. The van der Waals surface area contributed by atoms with Gasteiger partial charge < -0.3 is 5.32 Å². The van der Waals surface area contributed by atoms with Gasteiger partial charge in [-0.1, -0.05) is 26.7 Å².